The minimum atomic E-state index is 0.157. The lowest BCUT2D eigenvalue weighted by Crippen LogP contribution is -2.39. The summed E-state index contributed by atoms with van der Waals surface area (Å²) < 4.78 is 5.84. The van der Waals surface area contributed by atoms with Gasteiger partial charge in [0.05, 0.1) is 6.61 Å². The number of para-hydroxylation sites is 1. The lowest BCUT2D eigenvalue weighted by molar-refractivity contribution is -0.122. The summed E-state index contributed by atoms with van der Waals surface area (Å²) in [6.07, 6.45) is 2.90. The van der Waals surface area contributed by atoms with Crippen molar-refractivity contribution in [3.8, 4) is 5.75 Å². The first-order valence-corrected chi connectivity index (χ1v) is 8.33. The fourth-order valence-electron chi connectivity index (χ4n) is 2.76. The Kier molecular flexibility index (Phi) is 6.72. The summed E-state index contributed by atoms with van der Waals surface area (Å²) in [7, 11) is 0. The van der Waals surface area contributed by atoms with E-state index in [0.29, 0.717) is 12.3 Å². The number of nitrogens with zero attached hydrogens (tertiary/aromatic N) is 1. The van der Waals surface area contributed by atoms with Gasteiger partial charge < -0.3 is 15.0 Å². The van der Waals surface area contributed by atoms with Crippen LogP contribution in [0.2, 0.25) is 0 Å². The Morgan fingerprint density at radius 2 is 1.95 bits per heavy atom. The number of amides is 1. The maximum absolute atomic E-state index is 11.7. The summed E-state index contributed by atoms with van der Waals surface area (Å²) in [6.45, 7) is 7.79. The first kappa shape index (κ1) is 16.8. The van der Waals surface area contributed by atoms with E-state index in [4.69, 9.17) is 4.74 Å². The highest BCUT2D eigenvalue weighted by atomic mass is 16.5. The molecule has 0 unspecified atom stereocenters. The van der Waals surface area contributed by atoms with Crippen LogP contribution < -0.4 is 10.1 Å². The lowest BCUT2D eigenvalue weighted by atomic mass is 9.97. The van der Waals surface area contributed by atoms with Crippen molar-refractivity contribution in [2.75, 3.05) is 26.2 Å². The van der Waals surface area contributed by atoms with E-state index in [1.54, 1.807) is 0 Å². The standard InChI is InChI=1S/C18H28N2O2/c1-15(2)19-18(21)10-13-20-11-8-16(9-12-20)14-22-17-6-4-3-5-7-17/h3-7,15-16H,8-14H2,1-2H3,(H,19,21). The number of hydrogen-bond donors (Lipinski definition) is 1. The van der Waals surface area contributed by atoms with Gasteiger partial charge in [0, 0.05) is 19.0 Å². The second-order valence-electron chi connectivity index (χ2n) is 6.38. The number of nitrogens with one attached hydrogen (secondary N) is 1. The molecule has 1 aliphatic heterocycles. The Morgan fingerprint density at radius 1 is 1.27 bits per heavy atom. The number of piperidine rings is 1. The second kappa shape index (κ2) is 8.79. The normalized spacial score (nSPS) is 16.7. The number of carbonyl (C=O) groups excluding carboxylic acids is 1. The number of rotatable bonds is 7. The molecule has 22 heavy (non-hydrogen) atoms. The molecule has 1 amide bonds. The van der Waals surface area contributed by atoms with Gasteiger partial charge in [0.25, 0.3) is 0 Å². The van der Waals surface area contributed by atoms with E-state index < -0.39 is 0 Å². The second-order valence-corrected chi connectivity index (χ2v) is 6.38. The summed E-state index contributed by atoms with van der Waals surface area (Å²) in [4.78, 5) is 14.0. The van der Waals surface area contributed by atoms with E-state index >= 15 is 0 Å². The van der Waals surface area contributed by atoms with Gasteiger partial charge in [-0.2, -0.15) is 0 Å². The van der Waals surface area contributed by atoms with E-state index in [1.165, 1.54) is 0 Å². The topological polar surface area (TPSA) is 41.6 Å². The molecule has 1 N–H and O–H groups in total. The Hall–Kier alpha value is -1.55. The summed E-state index contributed by atoms with van der Waals surface area (Å²) in [5.41, 5.74) is 0. The molecule has 1 saturated heterocycles. The molecular formula is C18H28N2O2. The van der Waals surface area contributed by atoms with Gasteiger partial charge in [-0.3, -0.25) is 4.79 Å². The van der Waals surface area contributed by atoms with E-state index in [1.807, 2.05) is 44.2 Å². The van der Waals surface area contributed by atoms with Crippen molar-refractivity contribution in [2.24, 2.45) is 5.92 Å². The maximum Gasteiger partial charge on any atom is 0.221 e. The number of carbonyl (C=O) groups is 1. The van der Waals surface area contributed by atoms with Crippen LogP contribution in [0.15, 0.2) is 30.3 Å². The fraction of sp³-hybridized carbons (Fsp3) is 0.611. The predicted octanol–water partition coefficient (Wildman–Crippen LogP) is 2.69. The molecule has 4 nitrogen and oxygen atoms in total. The van der Waals surface area contributed by atoms with E-state index in [2.05, 4.69) is 10.2 Å². The van der Waals surface area contributed by atoms with Gasteiger partial charge in [0.15, 0.2) is 0 Å². The smallest absolute Gasteiger partial charge is 0.221 e. The van der Waals surface area contributed by atoms with Crippen molar-refractivity contribution < 1.29 is 9.53 Å². The number of benzene rings is 1. The summed E-state index contributed by atoms with van der Waals surface area (Å²) in [6, 6.07) is 10.2. The average molecular weight is 304 g/mol. The molecule has 0 aliphatic carbocycles. The number of likely N-dealkylation sites (tertiary alicyclic amines) is 1. The van der Waals surface area contributed by atoms with Gasteiger partial charge >= 0.3 is 0 Å². The predicted molar refractivity (Wildman–Crippen MR) is 89.0 cm³/mol. The van der Waals surface area contributed by atoms with Crippen molar-refractivity contribution >= 4 is 5.91 Å². The van der Waals surface area contributed by atoms with E-state index in [0.717, 1.165) is 44.8 Å². The highest BCUT2D eigenvalue weighted by Gasteiger charge is 2.20. The van der Waals surface area contributed by atoms with Crippen molar-refractivity contribution in [1.29, 1.82) is 0 Å². The van der Waals surface area contributed by atoms with E-state index in [9.17, 15) is 4.79 Å². The summed E-state index contributed by atoms with van der Waals surface area (Å²) in [5, 5.41) is 2.94. The molecule has 0 atom stereocenters. The molecule has 1 aliphatic rings. The van der Waals surface area contributed by atoms with Crippen molar-refractivity contribution in [1.82, 2.24) is 10.2 Å². The molecule has 0 saturated carbocycles. The van der Waals surface area contributed by atoms with E-state index in [-0.39, 0.29) is 11.9 Å². The molecular weight excluding hydrogens is 276 g/mol. The van der Waals surface area contributed by atoms with Crippen molar-refractivity contribution in [3.05, 3.63) is 30.3 Å². The van der Waals surface area contributed by atoms with Crippen LogP contribution in [-0.4, -0.2) is 43.1 Å². The Labute approximate surface area is 133 Å². The van der Waals surface area contributed by atoms with Crippen LogP contribution >= 0.6 is 0 Å². The molecule has 0 aromatic heterocycles. The van der Waals surface area contributed by atoms with Gasteiger partial charge in [0.2, 0.25) is 5.91 Å². The van der Waals surface area contributed by atoms with Gasteiger partial charge in [-0.05, 0) is 57.8 Å². The monoisotopic (exact) mass is 304 g/mol. The van der Waals surface area contributed by atoms with Crippen molar-refractivity contribution in [2.45, 2.75) is 39.2 Å². The molecule has 1 aromatic rings. The van der Waals surface area contributed by atoms with Crippen LogP contribution in [-0.2, 0) is 4.79 Å². The molecule has 0 radical (unpaired) electrons. The maximum atomic E-state index is 11.7. The number of ether oxygens (including phenoxy) is 1. The number of hydrogen-bond acceptors (Lipinski definition) is 3. The third-order valence-electron chi connectivity index (χ3n) is 4.04. The lowest BCUT2D eigenvalue weighted by Gasteiger charge is -2.31. The van der Waals surface area contributed by atoms with Crippen LogP contribution in [0.4, 0.5) is 0 Å². The van der Waals surface area contributed by atoms with Crippen LogP contribution in [0.1, 0.15) is 33.1 Å². The summed E-state index contributed by atoms with van der Waals surface area (Å²) in [5.74, 6) is 1.74. The fourth-order valence-corrected chi connectivity index (χ4v) is 2.76. The first-order chi connectivity index (χ1) is 10.6. The quantitative estimate of drug-likeness (QED) is 0.842. The molecule has 2 rings (SSSR count). The average Bonchev–Trinajstić information content (AvgIpc) is 2.52. The molecule has 1 fully saturated rings. The molecule has 4 heteroatoms. The van der Waals surface area contributed by atoms with Crippen molar-refractivity contribution in [3.63, 3.8) is 0 Å². The zero-order valence-electron chi connectivity index (χ0n) is 13.8. The van der Waals surface area contributed by atoms with Crippen LogP contribution in [0.25, 0.3) is 0 Å². The molecule has 0 bridgehead atoms. The Bertz CT molecular complexity index is 440. The first-order valence-electron chi connectivity index (χ1n) is 8.33. The molecule has 1 heterocycles. The van der Waals surface area contributed by atoms with Gasteiger partial charge in [0.1, 0.15) is 5.75 Å². The van der Waals surface area contributed by atoms with Gasteiger partial charge in [-0.15, -0.1) is 0 Å². The SMILES string of the molecule is CC(C)NC(=O)CCN1CCC(COc2ccccc2)CC1. The highest BCUT2D eigenvalue weighted by Crippen LogP contribution is 2.19. The minimum Gasteiger partial charge on any atom is -0.493 e. The third-order valence-corrected chi connectivity index (χ3v) is 4.04. The van der Waals surface area contributed by atoms with Crippen LogP contribution in [0, 0.1) is 5.92 Å². The molecule has 122 valence electrons. The van der Waals surface area contributed by atoms with Gasteiger partial charge in [-0.1, -0.05) is 18.2 Å². The highest BCUT2D eigenvalue weighted by molar-refractivity contribution is 5.76. The van der Waals surface area contributed by atoms with Crippen LogP contribution in [0.5, 0.6) is 5.75 Å². The molecule has 1 aromatic carbocycles. The third kappa shape index (κ3) is 6.06. The minimum absolute atomic E-state index is 0.157. The summed E-state index contributed by atoms with van der Waals surface area (Å²) >= 11 is 0. The Morgan fingerprint density at radius 3 is 2.59 bits per heavy atom. The zero-order chi connectivity index (χ0) is 15.8. The van der Waals surface area contributed by atoms with Crippen LogP contribution in [0.3, 0.4) is 0 Å². The Balaban J connectivity index is 1.60. The zero-order valence-corrected chi connectivity index (χ0v) is 13.8. The molecule has 0 spiro atoms. The van der Waals surface area contributed by atoms with Gasteiger partial charge in [-0.25, -0.2) is 0 Å². The largest absolute Gasteiger partial charge is 0.493 e.